The van der Waals surface area contributed by atoms with Crippen molar-refractivity contribution in [2.45, 2.75) is 75.5 Å². The van der Waals surface area contributed by atoms with Crippen LogP contribution in [0, 0.1) is 0 Å². The van der Waals surface area contributed by atoms with Crippen molar-refractivity contribution in [1.29, 1.82) is 0 Å². The SMILES string of the molecule is NC(=O)CCC(NC(=O)C1CCCN1C(=O)C1CCCN1)C(=O)N1CCCC1C(=O)O. The van der Waals surface area contributed by atoms with E-state index in [1.165, 1.54) is 4.90 Å². The number of carbonyl (C=O) groups excluding carboxylic acids is 4. The highest BCUT2D eigenvalue weighted by Gasteiger charge is 2.41. The topological polar surface area (TPSA) is 162 Å². The molecule has 31 heavy (non-hydrogen) atoms. The first-order valence-corrected chi connectivity index (χ1v) is 11.0. The predicted octanol–water partition coefficient (Wildman–Crippen LogP) is -1.44. The summed E-state index contributed by atoms with van der Waals surface area (Å²) in [4.78, 5) is 64.5. The molecular formula is C20H31N5O6. The van der Waals surface area contributed by atoms with Crippen LogP contribution >= 0.6 is 0 Å². The van der Waals surface area contributed by atoms with E-state index in [0.717, 1.165) is 19.4 Å². The Labute approximate surface area is 180 Å². The number of hydrogen-bond donors (Lipinski definition) is 4. The number of aliphatic carboxylic acids is 1. The largest absolute Gasteiger partial charge is 0.480 e. The molecule has 4 atom stereocenters. The number of nitrogens with zero attached hydrogens (tertiary/aromatic N) is 2. The van der Waals surface area contributed by atoms with Gasteiger partial charge in [0.15, 0.2) is 0 Å². The highest BCUT2D eigenvalue weighted by Crippen LogP contribution is 2.23. The number of nitrogens with two attached hydrogens (primary N) is 1. The summed E-state index contributed by atoms with van der Waals surface area (Å²) in [5, 5.41) is 15.2. The van der Waals surface area contributed by atoms with Crippen LogP contribution < -0.4 is 16.4 Å². The molecule has 0 spiro atoms. The summed E-state index contributed by atoms with van der Waals surface area (Å²) in [5.41, 5.74) is 5.22. The fraction of sp³-hybridized carbons (Fsp3) is 0.750. The average Bonchev–Trinajstić information content (AvgIpc) is 3.49. The molecule has 11 heteroatoms. The van der Waals surface area contributed by atoms with Crippen molar-refractivity contribution in [2.24, 2.45) is 5.73 Å². The summed E-state index contributed by atoms with van der Waals surface area (Å²) in [6, 6.07) is -2.99. The van der Waals surface area contributed by atoms with Crippen molar-refractivity contribution in [2.75, 3.05) is 19.6 Å². The molecular weight excluding hydrogens is 406 g/mol. The van der Waals surface area contributed by atoms with Crippen molar-refractivity contribution in [1.82, 2.24) is 20.4 Å². The smallest absolute Gasteiger partial charge is 0.326 e. The molecule has 0 aromatic carbocycles. The van der Waals surface area contributed by atoms with Crippen LogP contribution in [0.25, 0.3) is 0 Å². The normalized spacial score (nSPS) is 26.6. The third-order valence-electron chi connectivity index (χ3n) is 6.31. The van der Waals surface area contributed by atoms with E-state index in [9.17, 15) is 29.1 Å². The molecule has 4 amide bonds. The van der Waals surface area contributed by atoms with Crippen molar-refractivity contribution in [3.05, 3.63) is 0 Å². The van der Waals surface area contributed by atoms with Gasteiger partial charge in [0.05, 0.1) is 6.04 Å². The molecule has 0 radical (unpaired) electrons. The molecule has 3 fully saturated rings. The van der Waals surface area contributed by atoms with Gasteiger partial charge in [-0.3, -0.25) is 19.2 Å². The third-order valence-corrected chi connectivity index (χ3v) is 6.31. The van der Waals surface area contributed by atoms with Gasteiger partial charge >= 0.3 is 5.97 Å². The van der Waals surface area contributed by atoms with E-state index < -0.39 is 41.8 Å². The van der Waals surface area contributed by atoms with Gasteiger partial charge in [-0.15, -0.1) is 0 Å². The van der Waals surface area contributed by atoms with Gasteiger partial charge in [0, 0.05) is 19.5 Å². The number of nitrogens with one attached hydrogen (secondary N) is 2. The molecule has 0 aromatic rings. The lowest BCUT2D eigenvalue weighted by Crippen LogP contribution is -2.56. The van der Waals surface area contributed by atoms with Crippen molar-refractivity contribution in [3.8, 4) is 0 Å². The third kappa shape index (κ3) is 5.33. The second-order valence-electron chi connectivity index (χ2n) is 8.43. The lowest BCUT2D eigenvalue weighted by Gasteiger charge is -2.30. The highest BCUT2D eigenvalue weighted by molar-refractivity contribution is 5.95. The maximum Gasteiger partial charge on any atom is 0.326 e. The maximum absolute atomic E-state index is 13.1. The molecule has 172 valence electrons. The van der Waals surface area contributed by atoms with E-state index in [2.05, 4.69) is 10.6 Å². The molecule has 0 saturated carbocycles. The van der Waals surface area contributed by atoms with Gasteiger partial charge in [-0.25, -0.2) is 4.79 Å². The lowest BCUT2D eigenvalue weighted by atomic mass is 10.1. The minimum Gasteiger partial charge on any atom is -0.480 e. The number of rotatable bonds is 8. The number of carboxylic acid groups (broad SMARTS) is 1. The van der Waals surface area contributed by atoms with Crippen molar-refractivity contribution >= 4 is 29.6 Å². The minimum absolute atomic E-state index is 0.0202. The molecule has 4 unspecified atom stereocenters. The minimum atomic E-state index is -1.09. The van der Waals surface area contributed by atoms with Crippen LogP contribution in [0.5, 0.6) is 0 Å². The van der Waals surface area contributed by atoms with E-state index in [0.29, 0.717) is 32.2 Å². The van der Waals surface area contributed by atoms with Crippen molar-refractivity contribution < 1.29 is 29.1 Å². The standard InChI is InChI=1S/C20H31N5O6/c21-16(26)8-7-13(19(29)25-11-3-6-15(25)20(30)31)23-17(27)14-5-2-10-24(14)18(28)12-4-1-9-22-12/h12-15,22H,1-11H2,(H2,21,26)(H,23,27)(H,30,31). The van der Waals surface area contributed by atoms with Gasteiger partial charge in [0.25, 0.3) is 0 Å². The van der Waals surface area contributed by atoms with E-state index in [-0.39, 0.29) is 31.3 Å². The molecule has 0 aromatic heterocycles. The number of carboxylic acids is 1. The lowest BCUT2D eigenvalue weighted by molar-refractivity contribution is -0.150. The summed E-state index contributed by atoms with van der Waals surface area (Å²) >= 11 is 0. The van der Waals surface area contributed by atoms with E-state index in [4.69, 9.17) is 5.73 Å². The zero-order chi connectivity index (χ0) is 22.5. The number of likely N-dealkylation sites (tertiary alicyclic amines) is 2. The van der Waals surface area contributed by atoms with Gasteiger partial charge in [-0.2, -0.15) is 0 Å². The van der Waals surface area contributed by atoms with Crippen LogP contribution in [0.3, 0.4) is 0 Å². The van der Waals surface area contributed by atoms with E-state index in [1.54, 1.807) is 4.90 Å². The average molecular weight is 437 g/mol. The number of carbonyl (C=O) groups is 5. The Morgan fingerprint density at radius 3 is 2.29 bits per heavy atom. The van der Waals surface area contributed by atoms with Crippen LogP contribution in [0.1, 0.15) is 51.4 Å². The van der Waals surface area contributed by atoms with Gasteiger partial charge < -0.3 is 31.3 Å². The Hall–Kier alpha value is -2.69. The zero-order valence-corrected chi connectivity index (χ0v) is 17.5. The van der Waals surface area contributed by atoms with Crippen LogP contribution in [0.2, 0.25) is 0 Å². The van der Waals surface area contributed by atoms with E-state index in [1.807, 2.05) is 0 Å². The Kier molecular flexibility index (Phi) is 7.47. The molecule has 0 bridgehead atoms. The fourth-order valence-corrected chi connectivity index (χ4v) is 4.70. The molecule has 3 heterocycles. The Balaban J connectivity index is 1.70. The second-order valence-corrected chi connectivity index (χ2v) is 8.43. The molecule has 3 aliphatic rings. The maximum atomic E-state index is 13.1. The van der Waals surface area contributed by atoms with Crippen molar-refractivity contribution in [3.63, 3.8) is 0 Å². The quantitative estimate of drug-likeness (QED) is 0.361. The molecule has 0 aliphatic carbocycles. The number of hydrogen-bond acceptors (Lipinski definition) is 6. The summed E-state index contributed by atoms with van der Waals surface area (Å²) in [6.07, 6.45) is 3.57. The zero-order valence-electron chi connectivity index (χ0n) is 17.5. The summed E-state index contributed by atoms with van der Waals surface area (Å²) in [7, 11) is 0. The monoisotopic (exact) mass is 437 g/mol. The Morgan fingerprint density at radius 1 is 1.00 bits per heavy atom. The number of amides is 4. The highest BCUT2D eigenvalue weighted by atomic mass is 16.4. The molecule has 3 saturated heterocycles. The molecule has 3 rings (SSSR count). The van der Waals surface area contributed by atoms with Gasteiger partial charge in [0.2, 0.25) is 23.6 Å². The van der Waals surface area contributed by atoms with Crippen LogP contribution in [0.4, 0.5) is 0 Å². The van der Waals surface area contributed by atoms with Gasteiger partial charge in [-0.05, 0) is 51.5 Å². The molecule has 3 aliphatic heterocycles. The van der Waals surface area contributed by atoms with Gasteiger partial charge in [0.1, 0.15) is 18.1 Å². The van der Waals surface area contributed by atoms with E-state index >= 15 is 0 Å². The summed E-state index contributed by atoms with van der Waals surface area (Å²) in [5.74, 6) is -2.82. The predicted molar refractivity (Wildman–Crippen MR) is 108 cm³/mol. The molecule has 11 nitrogen and oxygen atoms in total. The van der Waals surface area contributed by atoms with Crippen LogP contribution in [0.15, 0.2) is 0 Å². The van der Waals surface area contributed by atoms with Gasteiger partial charge in [-0.1, -0.05) is 0 Å². The van der Waals surface area contributed by atoms with Crippen LogP contribution in [-0.4, -0.2) is 88.3 Å². The second kappa shape index (κ2) is 10.1. The molecule has 5 N–H and O–H groups in total. The first kappa shape index (κ1) is 23.0. The summed E-state index contributed by atoms with van der Waals surface area (Å²) < 4.78 is 0. The first-order valence-electron chi connectivity index (χ1n) is 11.0. The Bertz CT molecular complexity index is 738. The number of primary amides is 1. The van der Waals surface area contributed by atoms with Crippen LogP contribution in [-0.2, 0) is 24.0 Å². The first-order chi connectivity index (χ1) is 14.8. The summed E-state index contributed by atoms with van der Waals surface area (Å²) in [6.45, 7) is 1.52. The Morgan fingerprint density at radius 2 is 1.68 bits per heavy atom. The fourth-order valence-electron chi connectivity index (χ4n) is 4.70.